The van der Waals surface area contributed by atoms with Crippen LogP contribution < -0.4 is 11.1 Å². The molecule has 1 aliphatic carbocycles. The molecule has 3 aromatic carbocycles. The highest BCUT2D eigenvalue weighted by Gasteiger charge is 2.32. The molecule has 2 atom stereocenters. The zero-order valence-corrected chi connectivity index (χ0v) is 22.1. The number of hydrogen-bond acceptors (Lipinski definition) is 3. The third-order valence-electron chi connectivity index (χ3n) is 7.13. The zero-order valence-electron chi connectivity index (χ0n) is 22.1. The summed E-state index contributed by atoms with van der Waals surface area (Å²) in [7, 11) is 0. The summed E-state index contributed by atoms with van der Waals surface area (Å²) in [5, 5.41) is 2.91. The van der Waals surface area contributed by atoms with Crippen molar-refractivity contribution in [1.29, 1.82) is 0 Å². The number of rotatable bonds is 6. The maximum absolute atomic E-state index is 13.9. The van der Waals surface area contributed by atoms with E-state index in [-0.39, 0.29) is 35.5 Å². The van der Waals surface area contributed by atoms with Gasteiger partial charge in [-0.1, -0.05) is 57.9 Å². The summed E-state index contributed by atoms with van der Waals surface area (Å²) >= 11 is 0. The number of nitrogens with two attached hydrogens (primary N) is 1. The van der Waals surface area contributed by atoms with Crippen molar-refractivity contribution in [2.24, 2.45) is 5.73 Å². The first-order chi connectivity index (χ1) is 18.0. The SMILES string of the molecule is CC(C)(C)c1ccc(C(=O)Nc2ccc(CN(C(=O)c3cc(F)cc(F)c3)C3CCCCC3N)cc2)cc1. The van der Waals surface area contributed by atoms with Gasteiger partial charge in [-0.2, -0.15) is 0 Å². The smallest absolute Gasteiger partial charge is 0.255 e. The quantitative estimate of drug-likeness (QED) is 0.394. The molecular formula is C31H35F2N3O2. The number of hydrogen-bond donors (Lipinski definition) is 2. The molecule has 4 rings (SSSR count). The first-order valence-electron chi connectivity index (χ1n) is 13.0. The van der Waals surface area contributed by atoms with Crippen LogP contribution in [0.15, 0.2) is 66.7 Å². The van der Waals surface area contributed by atoms with Crippen LogP contribution in [0.1, 0.15) is 78.3 Å². The second kappa shape index (κ2) is 11.4. The predicted octanol–water partition coefficient (Wildman–Crippen LogP) is 6.43. The van der Waals surface area contributed by atoms with E-state index in [0.29, 0.717) is 11.3 Å². The number of halogens is 2. The summed E-state index contributed by atoms with van der Waals surface area (Å²) in [4.78, 5) is 27.8. The van der Waals surface area contributed by atoms with E-state index in [0.717, 1.165) is 55.0 Å². The Hall–Kier alpha value is -3.58. The largest absolute Gasteiger partial charge is 0.330 e. The fraction of sp³-hybridized carbons (Fsp3) is 0.355. The molecule has 0 heterocycles. The van der Waals surface area contributed by atoms with Gasteiger partial charge in [0, 0.05) is 41.5 Å². The van der Waals surface area contributed by atoms with E-state index in [1.54, 1.807) is 17.0 Å². The highest BCUT2D eigenvalue weighted by atomic mass is 19.1. The number of amides is 2. The molecule has 2 amide bonds. The highest BCUT2D eigenvalue weighted by molar-refractivity contribution is 6.04. The molecule has 3 N–H and O–H groups in total. The van der Waals surface area contributed by atoms with Gasteiger partial charge in [0.05, 0.1) is 0 Å². The lowest BCUT2D eigenvalue weighted by molar-refractivity contribution is 0.0582. The molecule has 0 radical (unpaired) electrons. The summed E-state index contributed by atoms with van der Waals surface area (Å²) < 4.78 is 27.7. The normalized spacial score (nSPS) is 17.6. The Morgan fingerprint density at radius 1 is 0.895 bits per heavy atom. The minimum atomic E-state index is -0.797. The van der Waals surface area contributed by atoms with E-state index in [1.807, 2.05) is 36.4 Å². The van der Waals surface area contributed by atoms with E-state index < -0.39 is 17.5 Å². The van der Waals surface area contributed by atoms with Gasteiger partial charge in [0.1, 0.15) is 11.6 Å². The van der Waals surface area contributed by atoms with Crippen molar-refractivity contribution < 1.29 is 18.4 Å². The lowest BCUT2D eigenvalue weighted by atomic mass is 9.87. The maximum atomic E-state index is 13.9. The number of benzene rings is 3. The third-order valence-corrected chi connectivity index (χ3v) is 7.13. The number of nitrogens with zero attached hydrogens (tertiary/aromatic N) is 1. The minimum absolute atomic E-state index is 0.00445. The molecule has 0 bridgehead atoms. The second-order valence-electron chi connectivity index (χ2n) is 11.1. The molecule has 0 aliphatic heterocycles. The molecule has 0 aromatic heterocycles. The van der Waals surface area contributed by atoms with Crippen LogP contribution in [0.25, 0.3) is 0 Å². The molecule has 7 heteroatoms. The monoisotopic (exact) mass is 519 g/mol. The van der Waals surface area contributed by atoms with Gasteiger partial charge in [0.15, 0.2) is 0 Å². The Labute approximate surface area is 223 Å². The molecule has 1 saturated carbocycles. The molecule has 3 aromatic rings. The van der Waals surface area contributed by atoms with Crippen LogP contribution in [0, 0.1) is 11.6 Å². The minimum Gasteiger partial charge on any atom is -0.330 e. The molecule has 1 fully saturated rings. The fourth-order valence-electron chi connectivity index (χ4n) is 4.92. The van der Waals surface area contributed by atoms with E-state index in [1.165, 1.54) is 0 Å². The molecule has 200 valence electrons. The van der Waals surface area contributed by atoms with Crippen LogP contribution in [0.5, 0.6) is 0 Å². The van der Waals surface area contributed by atoms with E-state index in [4.69, 9.17) is 5.73 Å². The molecule has 0 saturated heterocycles. The average molecular weight is 520 g/mol. The van der Waals surface area contributed by atoms with Crippen molar-refractivity contribution in [1.82, 2.24) is 4.90 Å². The number of carbonyl (C=O) groups excluding carboxylic acids is 2. The molecular weight excluding hydrogens is 484 g/mol. The summed E-state index contributed by atoms with van der Waals surface area (Å²) in [5.74, 6) is -2.26. The highest BCUT2D eigenvalue weighted by Crippen LogP contribution is 2.27. The van der Waals surface area contributed by atoms with E-state index >= 15 is 0 Å². The van der Waals surface area contributed by atoms with Gasteiger partial charge >= 0.3 is 0 Å². The molecule has 5 nitrogen and oxygen atoms in total. The second-order valence-corrected chi connectivity index (χ2v) is 11.1. The summed E-state index contributed by atoms with van der Waals surface area (Å²) in [6, 6.07) is 17.2. The lowest BCUT2D eigenvalue weighted by Crippen LogP contribution is -2.51. The lowest BCUT2D eigenvalue weighted by Gasteiger charge is -2.38. The molecule has 2 unspecified atom stereocenters. The molecule has 0 spiro atoms. The Morgan fingerprint density at radius 2 is 1.50 bits per heavy atom. The molecule has 1 aliphatic rings. The van der Waals surface area contributed by atoms with Gasteiger partial charge in [-0.25, -0.2) is 8.78 Å². The van der Waals surface area contributed by atoms with Crippen LogP contribution in [0.4, 0.5) is 14.5 Å². The fourth-order valence-corrected chi connectivity index (χ4v) is 4.92. The van der Waals surface area contributed by atoms with Crippen LogP contribution in [0.2, 0.25) is 0 Å². The van der Waals surface area contributed by atoms with Gasteiger partial charge in [-0.3, -0.25) is 9.59 Å². The van der Waals surface area contributed by atoms with Gasteiger partial charge in [-0.05, 0) is 65.8 Å². The van der Waals surface area contributed by atoms with Gasteiger partial charge < -0.3 is 16.0 Å². The van der Waals surface area contributed by atoms with Crippen molar-refractivity contribution in [2.75, 3.05) is 5.32 Å². The number of anilines is 1. The van der Waals surface area contributed by atoms with Gasteiger partial charge in [-0.15, -0.1) is 0 Å². The summed E-state index contributed by atoms with van der Waals surface area (Å²) in [6.45, 7) is 6.60. The topological polar surface area (TPSA) is 75.4 Å². The Morgan fingerprint density at radius 3 is 2.08 bits per heavy atom. The van der Waals surface area contributed by atoms with Gasteiger partial charge in [0.2, 0.25) is 0 Å². The van der Waals surface area contributed by atoms with Crippen molar-refractivity contribution in [2.45, 2.75) is 70.5 Å². The van der Waals surface area contributed by atoms with Crippen molar-refractivity contribution in [3.63, 3.8) is 0 Å². The van der Waals surface area contributed by atoms with Crippen molar-refractivity contribution in [3.05, 3.63) is 101 Å². The van der Waals surface area contributed by atoms with Crippen LogP contribution in [0.3, 0.4) is 0 Å². The predicted molar refractivity (Wildman–Crippen MR) is 146 cm³/mol. The first-order valence-corrected chi connectivity index (χ1v) is 13.0. The Balaban J connectivity index is 1.50. The van der Waals surface area contributed by atoms with Crippen LogP contribution in [-0.4, -0.2) is 28.8 Å². The number of nitrogens with one attached hydrogen (secondary N) is 1. The third kappa shape index (κ3) is 6.64. The Kier molecular flexibility index (Phi) is 8.26. The summed E-state index contributed by atoms with van der Waals surface area (Å²) in [6.07, 6.45) is 3.43. The Bertz CT molecular complexity index is 1260. The van der Waals surface area contributed by atoms with Crippen LogP contribution in [-0.2, 0) is 12.0 Å². The van der Waals surface area contributed by atoms with Gasteiger partial charge in [0.25, 0.3) is 11.8 Å². The molecule has 38 heavy (non-hydrogen) atoms. The standard InChI is InChI=1S/C31H35F2N3O2/c1-31(2,3)23-12-10-21(11-13-23)29(37)35-26-14-8-20(9-15-26)19-36(28-7-5-4-6-27(28)34)30(38)22-16-24(32)18-25(33)17-22/h8-18,27-28H,4-7,19,34H2,1-3H3,(H,35,37). The van der Waals surface area contributed by atoms with Crippen molar-refractivity contribution in [3.8, 4) is 0 Å². The average Bonchev–Trinajstić information content (AvgIpc) is 2.87. The van der Waals surface area contributed by atoms with E-state index in [9.17, 15) is 18.4 Å². The van der Waals surface area contributed by atoms with Crippen LogP contribution >= 0.6 is 0 Å². The maximum Gasteiger partial charge on any atom is 0.255 e. The zero-order chi connectivity index (χ0) is 27.4. The van der Waals surface area contributed by atoms with E-state index in [2.05, 4.69) is 26.1 Å². The van der Waals surface area contributed by atoms with Crippen molar-refractivity contribution >= 4 is 17.5 Å². The first kappa shape index (κ1) is 27.5. The number of carbonyl (C=O) groups is 2. The summed E-state index contributed by atoms with van der Waals surface area (Å²) in [5.41, 5.74) is 9.51.